The Kier molecular flexibility index (Phi) is 5.35. The van der Waals surface area contributed by atoms with Gasteiger partial charge in [-0.25, -0.2) is 9.89 Å². The second-order valence-electron chi connectivity index (χ2n) is 6.72. The third-order valence-corrected chi connectivity index (χ3v) is 5.29. The Bertz CT molecular complexity index is 605. The predicted octanol–water partition coefficient (Wildman–Crippen LogP) is 0.0949. The van der Waals surface area contributed by atoms with E-state index in [1.807, 2.05) is 11.8 Å². The molecule has 2 aliphatic heterocycles. The number of nitrogens with one attached hydrogen (secondary N) is 1. The molecular weight excluding hydrogens is 310 g/mol. The number of aromatic amines is 1. The average Bonchev–Trinajstić information content (AvgIpc) is 3.07. The number of carbonyl (C=O) groups is 1. The highest BCUT2D eigenvalue weighted by atomic mass is 16.4. The zero-order valence-electron chi connectivity index (χ0n) is 14.5. The summed E-state index contributed by atoms with van der Waals surface area (Å²) in [5.74, 6) is 0.223. The van der Waals surface area contributed by atoms with Gasteiger partial charge in [-0.15, -0.1) is 5.10 Å². The number of aromatic nitrogens is 2. The highest BCUT2D eigenvalue weighted by molar-refractivity contribution is 5.81. The lowest BCUT2D eigenvalue weighted by molar-refractivity contribution is -0.138. The van der Waals surface area contributed by atoms with Crippen molar-refractivity contribution in [2.24, 2.45) is 0 Å². The third-order valence-electron chi connectivity index (χ3n) is 5.29. The summed E-state index contributed by atoms with van der Waals surface area (Å²) in [5, 5.41) is 6.28. The second-order valence-corrected chi connectivity index (χ2v) is 6.72. The Hall–Kier alpha value is -1.67. The molecule has 0 aromatic carbocycles. The Balaban J connectivity index is 1.58. The molecular formula is C16H27N5O3. The first kappa shape index (κ1) is 17.2. The third kappa shape index (κ3) is 3.70. The van der Waals surface area contributed by atoms with Crippen LogP contribution in [-0.2, 0) is 4.79 Å². The van der Waals surface area contributed by atoms with Crippen molar-refractivity contribution in [3.63, 3.8) is 0 Å². The molecule has 0 bridgehead atoms. The van der Waals surface area contributed by atoms with Crippen LogP contribution in [0.2, 0.25) is 0 Å². The molecule has 0 saturated carbocycles. The minimum Gasteiger partial charge on any atom is -0.392 e. The van der Waals surface area contributed by atoms with Crippen molar-refractivity contribution < 1.29 is 9.21 Å². The molecule has 3 heterocycles. The molecule has 8 nitrogen and oxygen atoms in total. The molecule has 2 atom stereocenters. The Morgan fingerprint density at radius 1 is 1.33 bits per heavy atom. The highest BCUT2D eigenvalue weighted by Crippen LogP contribution is 2.26. The number of likely N-dealkylation sites (N-methyl/N-ethyl adjacent to an activating group) is 1. The lowest BCUT2D eigenvalue weighted by Crippen LogP contribution is -2.55. The van der Waals surface area contributed by atoms with Crippen LogP contribution in [-0.4, -0.2) is 82.7 Å². The fraction of sp³-hybridized carbons (Fsp3) is 0.812. The molecule has 134 valence electrons. The number of H-pyrrole nitrogens is 1. The molecule has 1 amide bonds. The van der Waals surface area contributed by atoms with Gasteiger partial charge < -0.3 is 14.2 Å². The first-order valence-electron chi connectivity index (χ1n) is 8.89. The molecule has 24 heavy (non-hydrogen) atoms. The number of piperidine rings is 1. The molecule has 1 N–H and O–H groups in total. The van der Waals surface area contributed by atoms with Gasteiger partial charge >= 0.3 is 5.76 Å². The minimum atomic E-state index is -0.514. The summed E-state index contributed by atoms with van der Waals surface area (Å²) in [7, 11) is 0. The standard InChI is InChI=1S/C16H27N5O3/c1-3-19-7-9-20(10-8-19)15(22)12(2)21-6-4-5-13(11-21)14-17-18-16(23)24-14/h12-13H,3-11H2,1-2H3,(H,18,23). The highest BCUT2D eigenvalue weighted by Gasteiger charge is 2.33. The number of hydrogen-bond donors (Lipinski definition) is 1. The van der Waals surface area contributed by atoms with Crippen LogP contribution in [0.15, 0.2) is 9.21 Å². The SMILES string of the molecule is CCN1CCN(C(=O)C(C)N2CCCC(c3n[nH]c(=O)o3)C2)CC1. The number of amides is 1. The van der Waals surface area contributed by atoms with Gasteiger partial charge in [0.25, 0.3) is 0 Å². The van der Waals surface area contributed by atoms with E-state index in [2.05, 4.69) is 26.9 Å². The summed E-state index contributed by atoms with van der Waals surface area (Å²) in [6.45, 7) is 10.3. The van der Waals surface area contributed by atoms with E-state index in [0.717, 1.165) is 52.1 Å². The van der Waals surface area contributed by atoms with E-state index in [-0.39, 0.29) is 17.9 Å². The first-order valence-corrected chi connectivity index (χ1v) is 8.89. The molecule has 2 fully saturated rings. The lowest BCUT2D eigenvalue weighted by atomic mass is 9.96. The summed E-state index contributed by atoms with van der Waals surface area (Å²) < 4.78 is 5.10. The maximum Gasteiger partial charge on any atom is 0.434 e. The van der Waals surface area contributed by atoms with Crippen molar-refractivity contribution in [2.75, 3.05) is 45.8 Å². The molecule has 1 aromatic rings. The normalized spacial score (nSPS) is 24.9. The fourth-order valence-corrected chi connectivity index (χ4v) is 3.68. The van der Waals surface area contributed by atoms with Crippen LogP contribution in [0.4, 0.5) is 0 Å². The summed E-state index contributed by atoms with van der Waals surface area (Å²) >= 11 is 0. The van der Waals surface area contributed by atoms with Crippen LogP contribution in [0.5, 0.6) is 0 Å². The van der Waals surface area contributed by atoms with E-state index in [1.54, 1.807) is 0 Å². The van der Waals surface area contributed by atoms with E-state index in [1.165, 1.54) is 0 Å². The van der Waals surface area contributed by atoms with Gasteiger partial charge in [-0.2, -0.15) is 0 Å². The summed E-state index contributed by atoms with van der Waals surface area (Å²) in [5.41, 5.74) is 0. The number of piperazine rings is 1. The van der Waals surface area contributed by atoms with Crippen molar-refractivity contribution >= 4 is 5.91 Å². The second kappa shape index (κ2) is 7.48. The smallest absolute Gasteiger partial charge is 0.392 e. The van der Waals surface area contributed by atoms with Crippen molar-refractivity contribution in [2.45, 2.75) is 38.6 Å². The van der Waals surface area contributed by atoms with E-state index >= 15 is 0 Å². The van der Waals surface area contributed by atoms with Gasteiger partial charge in [0.2, 0.25) is 11.8 Å². The van der Waals surface area contributed by atoms with Gasteiger partial charge in [0.15, 0.2) is 0 Å². The van der Waals surface area contributed by atoms with Crippen molar-refractivity contribution in [3.05, 3.63) is 16.4 Å². The van der Waals surface area contributed by atoms with Gasteiger partial charge in [0.1, 0.15) is 0 Å². The number of hydrogen-bond acceptors (Lipinski definition) is 6. The van der Waals surface area contributed by atoms with Crippen molar-refractivity contribution in [3.8, 4) is 0 Å². The van der Waals surface area contributed by atoms with Crippen LogP contribution in [0.1, 0.15) is 38.5 Å². The number of nitrogens with zero attached hydrogens (tertiary/aromatic N) is 4. The summed E-state index contributed by atoms with van der Waals surface area (Å²) in [6.07, 6.45) is 1.91. The van der Waals surface area contributed by atoms with Gasteiger partial charge in [0.05, 0.1) is 12.0 Å². The maximum absolute atomic E-state index is 12.8. The topological polar surface area (TPSA) is 85.7 Å². The van der Waals surface area contributed by atoms with Crippen LogP contribution in [0.25, 0.3) is 0 Å². The van der Waals surface area contributed by atoms with Crippen LogP contribution >= 0.6 is 0 Å². The molecule has 2 unspecified atom stereocenters. The number of rotatable bonds is 4. The van der Waals surface area contributed by atoms with Crippen molar-refractivity contribution in [1.82, 2.24) is 24.9 Å². The predicted molar refractivity (Wildman–Crippen MR) is 88.8 cm³/mol. The molecule has 0 spiro atoms. The lowest BCUT2D eigenvalue weighted by Gasteiger charge is -2.39. The van der Waals surface area contributed by atoms with E-state index < -0.39 is 5.76 Å². The molecule has 1 aromatic heterocycles. The Labute approximate surface area is 141 Å². The molecule has 3 rings (SSSR count). The van der Waals surface area contributed by atoms with Gasteiger partial charge in [-0.05, 0) is 32.9 Å². The monoisotopic (exact) mass is 337 g/mol. The summed E-state index contributed by atoms with van der Waals surface area (Å²) in [6, 6.07) is -0.147. The van der Waals surface area contributed by atoms with E-state index in [4.69, 9.17) is 4.42 Å². The maximum atomic E-state index is 12.8. The van der Waals surface area contributed by atoms with Crippen LogP contribution < -0.4 is 5.76 Å². The van der Waals surface area contributed by atoms with E-state index in [9.17, 15) is 9.59 Å². The van der Waals surface area contributed by atoms with Crippen LogP contribution in [0.3, 0.4) is 0 Å². The van der Waals surface area contributed by atoms with Gasteiger partial charge in [-0.3, -0.25) is 9.69 Å². The Morgan fingerprint density at radius 2 is 2.08 bits per heavy atom. The van der Waals surface area contributed by atoms with E-state index in [0.29, 0.717) is 12.4 Å². The summed E-state index contributed by atoms with van der Waals surface area (Å²) in [4.78, 5) is 30.5. The zero-order valence-corrected chi connectivity index (χ0v) is 14.5. The van der Waals surface area contributed by atoms with Crippen LogP contribution in [0, 0.1) is 0 Å². The molecule has 0 radical (unpaired) electrons. The largest absolute Gasteiger partial charge is 0.434 e. The fourth-order valence-electron chi connectivity index (χ4n) is 3.68. The quantitative estimate of drug-likeness (QED) is 0.838. The molecule has 8 heteroatoms. The average molecular weight is 337 g/mol. The molecule has 0 aliphatic carbocycles. The number of carbonyl (C=O) groups excluding carboxylic acids is 1. The van der Waals surface area contributed by atoms with Gasteiger partial charge in [0, 0.05) is 32.7 Å². The Morgan fingerprint density at radius 3 is 2.71 bits per heavy atom. The minimum absolute atomic E-state index is 0.0740. The van der Waals surface area contributed by atoms with Crippen molar-refractivity contribution in [1.29, 1.82) is 0 Å². The molecule has 2 aliphatic rings. The molecule has 2 saturated heterocycles. The van der Waals surface area contributed by atoms with Gasteiger partial charge in [-0.1, -0.05) is 6.92 Å². The zero-order chi connectivity index (χ0) is 17.1. The first-order chi connectivity index (χ1) is 11.6. The number of likely N-dealkylation sites (tertiary alicyclic amines) is 1.